The first kappa shape index (κ1) is 21.0. The van der Waals surface area contributed by atoms with Crippen molar-refractivity contribution in [1.82, 2.24) is 5.32 Å². The largest absolute Gasteiger partial charge is 0.484 e. The van der Waals surface area contributed by atoms with Crippen LogP contribution in [0.5, 0.6) is 5.75 Å². The van der Waals surface area contributed by atoms with Gasteiger partial charge >= 0.3 is 5.97 Å². The number of benzene rings is 2. The van der Waals surface area contributed by atoms with Crippen LogP contribution < -0.4 is 10.1 Å². The second kappa shape index (κ2) is 10.1. The van der Waals surface area contributed by atoms with E-state index >= 15 is 0 Å². The number of carbonyl (C=O) groups is 2. The molecule has 28 heavy (non-hydrogen) atoms. The highest BCUT2D eigenvalue weighted by Gasteiger charge is 2.26. The fourth-order valence-electron chi connectivity index (χ4n) is 2.64. The molecule has 1 N–H and O–H groups in total. The average molecular weight is 380 g/mol. The summed E-state index contributed by atoms with van der Waals surface area (Å²) in [5.74, 6) is -0.338. The Kier molecular flexibility index (Phi) is 7.58. The van der Waals surface area contributed by atoms with E-state index in [9.17, 15) is 9.59 Å². The number of amides is 1. The van der Waals surface area contributed by atoms with Gasteiger partial charge in [-0.3, -0.25) is 4.79 Å². The summed E-state index contributed by atoms with van der Waals surface area (Å²) in [4.78, 5) is 24.0. The van der Waals surface area contributed by atoms with E-state index in [0.29, 0.717) is 11.3 Å². The lowest BCUT2D eigenvalue weighted by molar-refractivity contribution is -0.146. The zero-order valence-corrected chi connectivity index (χ0v) is 16.3. The smallest absolute Gasteiger partial charge is 0.328 e. The third-order valence-electron chi connectivity index (χ3n) is 4.56. The molecule has 2 rings (SSSR count). The van der Waals surface area contributed by atoms with Crippen LogP contribution in [-0.2, 0) is 14.3 Å². The number of esters is 1. The van der Waals surface area contributed by atoms with E-state index < -0.39 is 12.0 Å². The van der Waals surface area contributed by atoms with Crippen LogP contribution in [0.15, 0.2) is 48.5 Å². The predicted octanol–water partition coefficient (Wildman–Crippen LogP) is 3.31. The summed E-state index contributed by atoms with van der Waals surface area (Å²) in [6.07, 6.45) is 0.734. The zero-order valence-electron chi connectivity index (χ0n) is 16.3. The summed E-state index contributed by atoms with van der Waals surface area (Å²) in [7, 11) is 1.30. The van der Waals surface area contributed by atoms with Crippen LogP contribution >= 0.6 is 0 Å². The van der Waals surface area contributed by atoms with Gasteiger partial charge in [0.15, 0.2) is 6.61 Å². The van der Waals surface area contributed by atoms with Crippen molar-refractivity contribution in [1.29, 1.82) is 5.26 Å². The van der Waals surface area contributed by atoms with Crippen molar-refractivity contribution in [3.05, 3.63) is 54.1 Å². The Bertz CT molecular complexity index is 838. The minimum Gasteiger partial charge on any atom is -0.484 e. The summed E-state index contributed by atoms with van der Waals surface area (Å²) in [6.45, 7) is 3.63. The Hall–Kier alpha value is -3.33. The minimum absolute atomic E-state index is 0.0388. The first-order valence-electron chi connectivity index (χ1n) is 9.09. The highest BCUT2D eigenvalue weighted by molar-refractivity contribution is 5.85. The fourth-order valence-corrected chi connectivity index (χ4v) is 2.64. The Balaban J connectivity index is 1.94. The van der Waals surface area contributed by atoms with Crippen molar-refractivity contribution < 1.29 is 19.1 Å². The van der Waals surface area contributed by atoms with E-state index in [-0.39, 0.29) is 18.4 Å². The van der Waals surface area contributed by atoms with Crippen LogP contribution in [0.1, 0.15) is 25.8 Å². The first-order chi connectivity index (χ1) is 13.5. The van der Waals surface area contributed by atoms with Gasteiger partial charge in [0.05, 0.1) is 18.7 Å². The maximum absolute atomic E-state index is 12.1. The maximum atomic E-state index is 12.1. The molecule has 6 nitrogen and oxygen atoms in total. The van der Waals surface area contributed by atoms with E-state index in [1.807, 2.05) is 38.1 Å². The van der Waals surface area contributed by atoms with Crippen molar-refractivity contribution in [2.45, 2.75) is 26.3 Å². The number of hydrogen-bond acceptors (Lipinski definition) is 5. The number of nitrogens with one attached hydrogen (secondary N) is 1. The van der Waals surface area contributed by atoms with Gasteiger partial charge in [0.2, 0.25) is 0 Å². The lowest BCUT2D eigenvalue weighted by Gasteiger charge is -2.21. The number of ether oxygens (including phenoxy) is 2. The molecule has 0 heterocycles. The van der Waals surface area contributed by atoms with Gasteiger partial charge in [-0.05, 0) is 41.3 Å². The quantitative estimate of drug-likeness (QED) is 0.710. The summed E-state index contributed by atoms with van der Waals surface area (Å²) >= 11 is 0. The van der Waals surface area contributed by atoms with E-state index in [0.717, 1.165) is 17.5 Å². The minimum atomic E-state index is -0.690. The number of nitrogens with zero attached hydrogens (tertiary/aromatic N) is 1. The highest BCUT2D eigenvalue weighted by atomic mass is 16.5. The second-order valence-electron chi connectivity index (χ2n) is 6.46. The molecular formula is C22H24N2O4. The molecule has 0 spiro atoms. The molecule has 0 unspecified atom stereocenters. The molecule has 0 aliphatic rings. The first-order valence-corrected chi connectivity index (χ1v) is 9.09. The van der Waals surface area contributed by atoms with Crippen LogP contribution in [-0.4, -0.2) is 31.6 Å². The van der Waals surface area contributed by atoms with Crippen LogP contribution in [0.2, 0.25) is 0 Å². The van der Waals surface area contributed by atoms with E-state index in [1.165, 1.54) is 7.11 Å². The van der Waals surface area contributed by atoms with Gasteiger partial charge in [-0.2, -0.15) is 5.26 Å². The molecule has 2 aromatic carbocycles. The van der Waals surface area contributed by atoms with Gasteiger partial charge in [-0.25, -0.2) is 4.79 Å². The lowest BCUT2D eigenvalue weighted by Crippen LogP contribution is -2.47. The van der Waals surface area contributed by atoms with Crippen LogP contribution in [0.25, 0.3) is 11.1 Å². The number of hydrogen-bond donors (Lipinski definition) is 1. The molecular weight excluding hydrogens is 356 g/mol. The van der Waals surface area contributed by atoms with Gasteiger partial charge in [0.25, 0.3) is 5.91 Å². The average Bonchev–Trinajstić information content (AvgIpc) is 2.75. The van der Waals surface area contributed by atoms with Gasteiger partial charge in [0.1, 0.15) is 11.8 Å². The van der Waals surface area contributed by atoms with Gasteiger partial charge in [0, 0.05) is 0 Å². The third kappa shape index (κ3) is 5.58. The van der Waals surface area contributed by atoms with Crippen molar-refractivity contribution in [3.8, 4) is 22.9 Å². The number of rotatable bonds is 8. The summed E-state index contributed by atoms with van der Waals surface area (Å²) in [5.41, 5.74) is 2.57. The number of carbonyl (C=O) groups excluding carboxylic acids is 2. The third-order valence-corrected chi connectivity index (χ3v) is 4.56. The Morgan fingerprint density at radius 3 is 2.14 bits per heavy atom. The number of methoxy groups -OCH3 is 1. The topological polar surface area (TPSA) is 88.4 Å². The summed E-state index contributed by atoms with van der Waals surface area (Å²) < 4.78 is 10.3. The molecule has 6 heteroatoms. The molecule has 0 aliphatic heterocycles. The molecule has 0 aliphatic carbocycles. The summed E-state index contributed by atoms with van der Waals surface area (Å²) in [5, 5.41) is 11.5. The van der Waals surface area contributed by atoms with Crippen molar-refractivity contribution in [2.24, 2.45) is 5.92 Å². The second-order valence-corrected chi connectivity index (χ2v) is 6.46. The molecule has 146 valence electrons. The number of nitriles is 1. The molecule has 0 radical (unpaired) electrons. The van der Waals surface area contributed by atoms with Crippen molar-refractivity contribution in [2.75, 3.05) is 13.7 Å². The highest BCUT2D eigenvalue weighted by Crippen LogP contribution is 2.22. The molecule has 1 amide bonds. The molecule has 0 bridgehead atoms. The molecule has 0 saturated heterocycles. The SMILES string of the molecule is CC[C@@H](C)[C@@H](NC(=O)COc1ccc(-c2ccc(C#N)cc2)cc1)C(=O)OC. The lowest BCUT2D eigenvalue weighted by atomic mass is 9.99. The van der Waals surface area contributed by atoms with E-state index in [2.05, 4.69) is 11.4 Å². The Labute approximate surface area is 165 Å². The van der Waals surface area contributed by atoms with E-state index in [4.69, 9.17) is 14.7 Å². The van der Waals surface area contributed by atoms with Crippen molar-refractivity contribution in [3.63, 3.8) is 0 Å². The van der Waals surface area contributed by atoms with Gasteiger partial charge in [-0.15, -0.1) is 0 Å². The Morgan fingerprint density at radius 1 is 1.07 bits per heavy atom. The monoisotopic (exact) mass is 380 g/mol. The standard InChI is InChI=1S/C22H24N2O4/c1-4-15(2)21(22(26)27-3)24-20(25)14-28-19-11-9-18(10-12-19)17-7-5-16(13-23)6-8-17/h5-12,15,21H,4,14H2,1-3H3,(H,24,25)/t15-,21-/m1/s1. The molecule has 0 aromatic heterocycles. The van der Waals surface area contributed by atoms with Crippen LogP contribution in [0.3, 0.4) is 0 Å². The van der Waals surface area contributed by atoms with Crippen molar-refractivity contribution >= 4 is 11.9 Å². The predicted molar refractivity (Wildman–Crippen MR) is 105 cm³/mol. The van der Waals surface area contributed by atoms with Crippen LogP contribution in [0.4, 0.5) is 0 Å². The van der Waals surface area contributed by atoms with E-state index in [1.54, 1.807) is 24.3 Å². The van der Waals surface area contributed by atoms with Crippen LogP contribution in [0, 0.1) is 17.2 Å². The normalized spacial score (nSPS) is 12.4. The Morgan fingerprint density at radius 2 is 1.64 bits per heavy atom. The maximum Gasteiger partial charge on any atom is 0.328 e. The zero-order chi connectivity index (χ0) is 20.5. The molecule has 2 aromatic rings. The molecule has 0 saturated carbocycles. The molecule has 2 atom stereocenters. The van der Waals surface area contributed by atoms with Gasteiger partial charge in [-0.1, -0.05) is 44.5 Å². The van der Waals surface area contributed by atoms with Gasteiger partial charge < -0.3 is 14.8 Å². The fraction of sp³-hybridized carbons (Fsp3) is 0.318. The molecule has 0 fully saturated rings. The summed E-state index contributed by atoms with van der Waals surface area (Å²) in [6, 6.07) is 16.0.